The molecule has 4 nitrogen and oxygen atoms in total. The Morgan fingerprint density at radius 1 is 1.32 bits per heavy atom. The summed E-state index contributed by atoms with van der Waals surface area (Å²) in [5.74, 6) is 0.130. The van der Waals surface area contributed by atoms with E-state index >= 15 is 0 Å². The van der Waals surface area contributed by atoms with E-state index in [1.54, 1.807) is 16.7 Å². The Hall–Kier alpha value is -1.20. The quantitative estimate of drug-likeness (QED) is 0.814. The molecule has 22 heavy (non-hydrogen) atoms. The van der Waals surface area contributed by atoms with E-state index in [0.717, 1.165) is 5.69 Å². The summed E-state index contributed by atoms with van der Waals surface area (Å²) in [6.45, 7) is 9.72. The Bertz CT molecular complexity index is 510. The number of aliphatic hydroxyl groups excluding tert-OH is 1. The first-order chi connectivity index (χ1) is 10.2. The van der Waals surface area contributed by atoms with Crippen LogP contribution in [0.5, 0.6) is 0 Å². The van der Waals surface area contributed by atoms with Crippen LogP contribution >= 0.6 is 11.8 Å². The van der Waals surface area contributed by atoms with Crippen LogP contribution in [0.2, 0.25) is 0 Å². The average molecular weight is 322 g/mol. The predicted molar refractivity (Wildman–Crippen MR) is 92.4 cm³/mol. The smallest absolute Gasteiger partial charge is 0.321 e. The van der Waals surface area contributed by atoms with Crippen molar-refractivity contribution < 1.29 is 9.90 Å². The van der Waals surface area contributed by atoms with Gasteiger partial charge in [0.15, 0.2) is 0 Å². The van der Waals surface area contributed by atoms with Crippen molar-refractivity contribution in [2.24, 2.45) is 5.92 Å². The van der Waals surface area contributed by atoms with E-state index in [2.05, 4.69) is 26.1 Å². The SMILES string of the molecule is C[C@H]1CN(C(=O)Nc2ccc(SC(C)(C)C)cc2)CC[C@H]1O. The fourth-order valence-electron chi connectivity index (χ4n) is 2.48. The van der Waals surface area contributed by atoms with Crippen LogP contribution < -0.4 is 5.32 Å². The third-order valence-electron chi connectivity index (χ3n) is 3.68. The van der Waals surface area contributed by atoms with Gasteiger partial charge in [-0.15, -0.1) is 11.8 Å². The van der Waals surface area contributed by atoms with E-state index in [9.17, 15) is 9.90 Å². The summed E-state index contributed by atoms with van der Waals surface area (Å²) in [5.41, 5.74) is 0.807. The number of nitrogens with one attached hydrogen (secondary N) is 1. The maximum atomic E-state index is 12.3. The second kappa shape index (κ2) is 6.92. The van der Waals surface area contributed by atoms with E-state index in [0.29, 0.717) is 19.5 Å². The second-order valence-corrected chi connectivity index (χ2v) is 8.85. The van der Waals surface area contributed by atoms with Crippen LogP contribution in [-0.4, -0.2) is 40.0 Å². The molecule has 1 saturated heterocycles. The molecule has 0 radical (unpaired) electrons. The number of aliphatic hydroxyl groups is 1. The number of likely N-dealkylation sites (tertiary alicyclic amines) is 1. The molecule has 2 N–H and O–H groups in total. The summed E-state index contributed by atoms with van der Waals surface area (Å²) in [7, 11) is 0. The maximum absolute atomic E-state index is 12.3. The largest absolute Gasteiger partial charge is 0.393 e. The molecule has 1 fully saturated rings. The fourth-order valence-corrected chi connectivity index (χ4v) is 3.46. The van der Waals surface area contributed by atoms with Crippen LogP contribution in [0.4, 0.5) is 10.5 Å². The fraction of sp³-hybridized carbons (Fsp3) is 0.588. The van der Waals surface area contributed by atoms with Crippen LogP contribution in [0.25, 0.3) is 0 Å². The summed E-state index contributed by atoms with van der Waals surface area (Å²) in [6, 6.07) is 7.86. The second-order valence-electron chi connectivity index (χ2n) is 6.95. The van der Waals surface area contributed by atoms with Crippen molar-refractivity contribution >= 4 is 23.5 Å². The van der Waals surface area contributed by atoms with Gasteiger partial charge in [0.2, 0.25) is 0 Å². The van der Waals surface area contributed by atoms with Gasteiger partial charge >= 0.3 is 6.03 Å². The first-order valence-corrected chi connectivity index (χ1v) is 8.59. The molecule has 1 aliphatic rings. The first-order valence-electron chi connectivity index (χ1n) is 7.78. The molecule has 1 aromatic rings. The van der Waals surface area contributed by atoms with Crippen molar-refractivity contribution in [3.63, 3.8) is 0 Å². The predicted octanol–water partition coefficient (Wildman–Crippen LogP) is 3.81. The first kappa shape index (κ1) is 17.2. The van der Waals surface area contributed by atoms with Crippen LogP contribution in [0.15, 0.2) is 29.2 Å². The van der Waals surface area contributed by atoms with Crippen molar-refractivity contribution in [1.29, 1.82) is 0 Å². The van der Waals surface area contributed by atoms with Crippen molar-refractivity contribution in [2.45, 2.75) is 49.9 Å². The lowest BCUT2D eigenvalue weighted by Crippen LogP contribution is -2.46. The lowest BCUT2D eigenvalue weighted by molar-refractivity contribution is 0.0506. The summed E-state index contributed by atoms with van der Waals surface area (Å²) < 4.78 is 0.176. The van der Waals surface area contributed by atoms with Gasteiger partial charge in [-0.25, -0.2) is 4.79 Å². The highest BCUT2D eigenvalue weighted by Gasteiger charge is 2.27. The number of hydrogen-bond donors (Lipinski definition) is 2. The molecule has 1 aromatic carbocycles. The van der Waals surface area contributed by atoms with Gasteiger partial charge in [0.1, 0.15) is 0 Å². The molecule has 1 aliphatic heterocycles. The topological polar surface area (TPSA) is 52.6 Å². The highest BCUT2D eigenvalue weighted by atomic mass is 32.2. The molecule has 2 amide bonds. The zero-order valence-corrected chi connectivity index (χ0v) is 14.6. The third-order valence-corrected chi connectivity index (χ3v) is 4.80. The summed E-state index contributed by atoms with van der Waals surface area (Å²) in [4.78, 5) is 15.2. The Morgan fingerprint density at radius 2 is 1.95 bits per heavy atom. The number of carbonyl (C=O) groups is 1. The van der Waals surface area contributed by atoms with Crippen molar-refractivity contribution in [1.82, 2.24) is 4.90 Å². The van der Waals surface area contributed by atoms with Gasteiger partial charge in [-0.05, 0) is 36.6 Å². The third kappa shape index (κ3) is 4.92. The Labute approximate surface area is 137 Å². The minimum atomic E-state index is -0.294. The average Bonchev–Trinajstić information content (AvgIpc) is 2.42. The minimum Gasteiger partial charge on any atom is -0.393 e. The van der Waals surface area contributed by atoms with Crippen molar-refractivity contribution in [3.05, 3.63) is 24.3 Å². The van der Waals surface area contributed by atoms with E-state index in [1.807, 2.05) is 31.2 Å². The molecule has 0 aromatic heterocycles. The number of urea groups is 1. The van der Waals surface area contributed by atoms with E-state index in [-0.39, 0.29) is 22.8 Å². The standard InChI is InChI=1S/C17H26N2O2S/c1-12-11-19(10-9-15(12)20)16(21)18-13-5-7-14(8-6-13)22-17(2,3)4/h5-8,12,15,20H,9-11H2,1-4H3,(H,18,21)/t12-,15+/m0/s1. The molecule has 0 aliphatic carbocycles. The number of amides is 2. The molecular formula is C17H26N2O2S. The summed E-state index contributed by atoms with van der Waals surface area (Å²) >= 11 is 1.81. The Kier molecular flexibility index (Phi) is 5.40. The van der Waals surface area contributed by atoms with Crippen LogP contribution in [0.3, 0.4) is 0 Å². The molecule has 0 unspecified atom stereocenters. The molecule has 1 heterocycles. The molecule has 0 saturated carbocycles. The number of benzene rings is 1. The number of carbonyl (C=O) groups excluding carboxylic acids is 1. The summed E-state index contributed by atoms with van der Waals surface area (Å²) in [6.07, 6.45) is 0.355. The molecule has 2 atom stereocenters. The van der Waals surface area contributed by atoms with Gasteiger partial charge in [-0.3, -0.25) is 0 Å². The van der Waals surface area contributed by atoms with Gasteiger partial charge in [0.25, 0.3) is 0 Å². The zero-order valence-electron chi connectivity index (χ0n) is 13.8. The Balaban J connectivity index is 1.92. The molecular weight excluding hydrogens is 296 g/mol. The van der Waals surface area contributed by atoms with Gasteiger partial charge < -0.3 is 15.3 Å². The normalized spacial score (nSPS) is 22.5. The van der Waals surface area contributed by atoms with Gasteiger partial charge in [-0.2, -0.15) is 0 Å². The monoisotopic (exact) mass is 322 g/mol. The molecule has 0 spiro atoms. The maximum Gasteiger partial charge on any atom is 0.321 e. The number of anilines is 1. The van der Waals surface area contributed by atoms with Crippen molar-refractivity contribution in [2.75, 3.05) is 18.4 Å². The minimum absolute atomic E-state index is 0.0880. The van der Waals surface area contributed by atoms with E-state index < -0.39 is 0 Å². The lowest BCUT2D eigenvalue weighted by Gasteiger charge is -2.34. The number of thioether (sulfide) groups is 1. The highest BCUT2D eigenvalue weighted by Crippen LogP contribution is 2.32. The van der Waals surface area contributed by atoms with Gasteiger partial charge in [0.05, 0.1) is 6.10 Å². The molecule has 122 valence electrons. The number of piperidine rings is 1. The van der Waals surface area contributed by atoms with Crippen LogP contribution in [-0.2, 0) is 0 Å². The van der Waals surface area contributed by atoms with E-state index in [4.69, 9.17) is 0 Å². The molecule has 0 bridgehead atoms. The highest BCUT2D eigenvalue weighted by molar-refractivity contribution is 8.00. The van der Waals surface area contributed by atoms with Gasteiger partial charge in [0, 0.05) is 28.4 Å². The van der Waals surface area contributed by atoms with Gasteiger partial charge in [-0.1, -0.05) is 27.7 Å². The van der Waals surface area contributed by atoms with Crippen molar-refractivity contribution in [3.8, 4) is 0 Å². The zero-order chi connectivity index (χ0) is 16.3. The Morgan fingerprint density at radius 3 is 2.50 bits per heavy atom. The number of hydrogen-bond acceptors (Lipinski definition) is 3. The molecule has 5 heteroatoms. The van der Waals surface area contributed by atoms with E-state index in [1.165, 1.54) is 4.90 Å². The number of nitrogens with zero attached hydrogens (tertiary/aromatic N) is 1. The molecule has 2 rings (SSSR count). The van der Waals surface area contributed by atoms with Crippen LogP contribution in [0, 0.1) is 5.92 Å². The lowest BCUT2D eigenvalue weighted by atomic mass is 9.97. The van der Waals surface area contributed by atoms with Crippen LogP contribution in [0.1, 0.15) is 34.1 Å². The summed E-state index contributed by atoms with van der Waals surface area (Å²) in [5, 5.41) is 12.7. The number of rotatable bonds is 2.